The Morgan fingerprint density at radius 2 is 2.05 bits per heavy atom. The second-order valence-corrected chi connectivity index (χ2v) is 4.33. The van der Waals surface area contributed by atoms with E-state index < -0.39 is 10.7 Å². The monoisotopic (exact) mass is 296 g/mol. The Morgan fingerprint density at radius 3 is 2.70 bits per heavy atom. The van der Waals surface area contributed by atoms with Gasteiger partial charge < -0.3 is 10.5 Å². The van der Waals surface area contributed by atoms with Crippen LogP contribution in [0, 0.1) is 15.9 Å². The molecule has 0 unspecified atom stereocenters. The lowest BCUT2D eigenvalue weighted by Gasteiger charge is -2.10. The molecule has 0 saturated carbocycles. The molecule has 2 N–H and O–H groups in total. The molecule has 0 aromatic heterocycles. The Balaban J connectivity index is 2.45. The summed E-state index contributed by atoms with van der Waals surface area (Å²) in [6.45, 7) is -0.0800. The van der Waals surface area contributed by atoms with Gasteiger partial charge in [-0.05, 0) is 24.3 Å². The molecule has 104 valence electrons. The smallest absolute Gasteiger partial charge is 0.313 e. The quantitative estimate of drug-likeness (QED) is 0.690. The molecule has 0 aliphatic carbocycles. The molecule has 7 heteroatoms. The molecule has 2 aromatic rings. The van der Waals surface area contributed by atoms with Gasteiger partial charge in [0.05, 0.1) is 4.92 Å². The minimum Gasteiger partial charge on any atom is -0.450 e. The van der Waals surface area contributed by atoms with Gasteiger partial charge in [-0.25, -0.2) is 4.39 Å². The van der Waals surface area contributed by atoms with Crippen LogP contribution in [0.2, 0.25) is 5.02 Å². The van der Waals surface area contributed by atoms with Gasteiger partial charge in [0.25, 0.3) is 0 Å². The van der Waals surface area contributed by atoms with Crippen molar-refractivity contribution in [2.45, 2.75) is 6.54 Å². The van der Waals surface area contributed by atoms with E-state index in [-0.39, 0.29) is 34.3 Å². The van der Waals surface area contributed by atoms with Crippen LogP contribution in [-0.2, 0) is 6.54 Å². The minimum atomic E-state index is -0.622. The Labute approximate surface area is 118 Å². The highest BCUT2D eigenvalue weighted by Crippen LogP contribution is 2.35. The van der Waals surface area contributed by atoms with E-state index >= 15 is 0 Å². The van der Waals surface area contributed by atoms with Crippen LogP contribution in [0.4, 0.5) is 10.1 Å². The molecule has 0 saturated heterocycles. The number of rotatable bonds is 4. The zero-order valence-electron chi connectivity index (χ0n) is 10.2. The third-order valence-corrected chi connectivity index (χ3v) is 2.85. The standard InChI is InChI=1S/C13H10ClFN2O3/c14-8-4-5-13(11(6-8)17(18)19)20-12-3-1-2-10(15)9(12)7-16/h1-6H,7,16H2. The van der Waals surface area contributed by atoms with Crippen molar-refractivity contribution in [3.05, 3.63) is 62.9 Å². The highest BCUT2D eigenvalue weighted by molar-refractivity contribution is 6.30. The largest absolute Gasteiger partial charge is 0.450 e. The van der Waals surface area contributed by atoms with E-state index in [1.165, 1.54) is 30.3 Å². The third kappa shape index (κ3) is 2.87. The fourth-order valence-electron chi connectivity index (χ4n) is 1.67. The van der Waals surface area contributed by atoms with E-state index in [2.05, 4.69) is 0 Å². The van der Waals surface area contributed by atoms with Crippen molar-refractivity contribution < 1.29 is 14.1 Å². The Kier molecular flexibility index (Phi) is 4.16. The average Bonchev–Trinajstić information content (AvgIpc) is 2.41. The topological polar surface area (TPSA) is 78.4 Å². The summed E-state index contributed by atoms with van der Waals surface area (Å²) >= 11 is 5.71. The van der Waals surface area contributed by atoms with Crippen LogP contribution in [0.1, 0.15) is 5.56 Å². The van der Waals surface area contributed by atoms with E-state index in [9.17, 15) is 14.5 Å². The number of halogens is 2. The molecule has 2 rings (SSSR count). The molecule has 2 aromatic carbocycles. The van der Waals surface area contributed by atoms with Crippen LogP contribution >= 0.6 is 11.6 Å². The molecule has 0 atom stereocenters. The van der Waals surface area contributed by atoms with Crippen molar-refractivity contribution in [3.63, 3.8) is 0 Å². The summed E-state index contributed by atoms with van der Waals surface area (Å²) in [7, 11) is 0. The third-order valence-electron chi connectivity index (χ3n) is 2.62. The first-order valence-electron chi connectivity index (χ1n) is 5.62. The van der Waals surface area contributed by atoms with E-state index in [1.54, 1.807) is 0 Å². The summed E-state index contributed by atoms with van der Waals surface area (Å²) in [4.78, 5) is 10.3. The highest BCUT2D eigenvalue weighted by atomic mass is 35.5. The van der Waals surface area contributed by atoms with E-state index in [0.717, 1.165) is 6.07 Å². The van der Waals surface area contributed by atoms with Gasteiger partial charge in [-0.3, -0.25) is 10.1 Å². The van der Waals surface area contributed by atoms with Crippen molar-refractivity contribution in [1.82, 2.24) is 0 Å². The maximum Gasteiger partial charge on any atom is 0.313 e. The van der Waals surface area contributed by atoms with Crippen molar-refractivity contribution in [2.24, 2.45) is 5.73 Å². The summed E-state index contributed by atoms with van der Waals surface area (Å²) in [6, 6.07) is 8.13. The summed E-state index contributed by atoms with van der Waals surface area (Å²) in [5.41, 5.74) is 5.30. The predicted molar refractivity (Wildman–Crippen MR) is 72.5 cm³/mol. The Hall–Kier alpha value is -2.18. The molecule has 0 amide bonds. The van der Waals surface area contributed by atoms with Crippen LogP contribution in [-0.4, -0.2) is 4.92 Å². The molecule has 0 fully saturated rings. The second kappa shape index (κ2) is 5.85. The minimum absolute atomic E-state index is 0.0281. The number of nitrogens with two attached hydrogens (primary N) is 1. The number of ether oxygens (including phenoxy) is 1. The first kappa shape index (κ1) is 14.2. The number of benzene rings is 2. The van der Waals surface area contributed by atoms with E-state index in [1.807, 2.05) is 0 Å². The second-order valence-electron chi connectivity index (χ2n) is 3.89. The Bertz CT molecular complexity index is 664. The lowest BCUT2D eigenvalue weighted by atomic mass is 10.2. The lowest BCUT2D eigenvalue weighted by Crippen LogP contribution is -2.03. The molecule has 0 heterocycles. The van der Waals surface area contributed by atoms with Crippen LogP contribution in [0.3, 0.4) is 0 Å². The van der Waals surface area contributed by atoms with Gasteiger partial charge in [0.1, 0.15) is 11.6 Å². The zero-order chi connectivity index (χ0) is 14.7. The van der Waals surface area contributed by atoms with E-state index in [4.69, 9.17) is 22.1 Å². The van der Waals surface area contributed by atoms with Crippen LogP contribution in [0.5, 0.6) is 11.5 Å². The van der Waals surface area contributed by atoms with Crippen molar-refractivity contribution in [3.8, 4) is 11.5 Å². The molecule has 20 heavy (non-hydrogen) atoms. The molecule has 0 aliphatic rings. The molecular formula is C13H10ClFN2O3. The fourth-order valence-corrected chi connectivity index (χ4v) is 1.84. The zero-order valence-corrected chi connectivity index (χ0v) is 10.9. The van der Waals surface area contributed by atoms with Gasteiger partial charge in [0.2, 0.25) is 5.75 Å². The van der Waals surface area contributed by atoms with Crippen LogP contribution < -0.4 is 10.5 Å². The van der Waals surface area contributed by atoms with Gasteiger partial charge in [-0.15, -0.1) is 0 Å². The molecule has 0 radical (unpaired) electrons. The first-order valence-corrected chi connectivity index (χ1v) is 6.00. The van der Waals surface area contributed by atoms with Crippen LogP contribution in [0.25, 0.3) is 0 Å². The van der Waals surface area contributed by atoms with Crippen molar-refractivity contribution in [1.29, 1.82) is 0 Å². The van der Waals surface area contributed by atoms with Gasteiger partial charge in [0.15, 0.2) is 0 Å². The maximum absolute atomic E-state index is 13.6. The molecular weight excluding hydrogens is 287 g/mol. The van der Waals surface area contributed by atoms with Gasteiger partial charge in [-0.1, -0.05) is 17.7 Å². The van der Waals surface area contributed by atoms with Gasteiger partial charge in [0, 0.05) is 23.2 Å². The van der Waals surface area contributed by atoms with E-state index in [0.29, 0.717) is 0 Å². The predicted octanol–water partition coefficient (Wildman–Crippen LogP) is 3.64. The molecule has 0 spiro atoms. The number of nitrogens with zero attached hydrogens (tertiary/aromatic N) is 1. The Morgan fingerprint density at radius 1 is 1.30 bits per heavy atom. The molecule has 5 nitrogen and oxygen atoms in total. The number of nitro benzene ring substituents is 1. The maximum atomic E-state index is 13.6. The highest BCUT2D eigenvalue weighted by Gasteiger charge is 2.18. The first-order chi connectivity index (χ1) is 9.52. The normalized spacial score (nSPS) is 10.3. The summed E-state index contributed by atoms with van der Waals surface area (Å²) < 4.78 is 19.0. The SMILES string of the molecule is NCc1c(F)cccc1Oc1ccc(Cl)cc1[N+](=O)[O-]. The van der Waals surface area contributed by atoms with Crippen molar-refractivity contribution >= 4 is 17.3 Å². The number of hydrogen-bond donors (Lipinski definition) is 1. The van der Waals surface area contributed by atoms with Crippen LogP contribution in [0.15, 0.2) is 36.4 Å². The number of nitro groups is 1. The summed E-state index contributed by atoms with van der Waals surface area (Å²) in [6.07, 6.45) is 0. The van der Waals surface area contributed by atoms with Gasteiger partial charge >= 0.3 is 5.69 Å². The molecule has 0 bridgehead atoms. The van der Waals surface area contributed by atoms with Crippen molar-refractivity contribution in [2.75, 3.05) is 0 Å². The van der Waals surface area contributed by atoms with Gasteiger partial charge in [-0.2, -0.15) is 0 Å². The summed E-state index contributed by atoms with van der Waals surface area (Å²) in [5, 5.41) is 11.2. The lowest BCUT2D eigenvalue weighted by molar-refractivity contribution is -0.385. The summed E-state index contributed by atoms with van der Waals surface area (Å²) in [5.74, 6) is -0.417. The number of hydrogen-bond acceptors (Lipinski definition) is 4. The average molecular weight is 297 g/mol. The molecule has 0 aliphatic heterocycles. The fraction of sp³-hybridized carbons (Fsp3) is 0.0769.